The van der Waals surface area contributed by atoms with Gasteiger partial charge in [0.1, 0.15) is 0 Å². The highest BCUT2D eigenvalue weighted by Crippen LogP contribution is 2.41. The first-order chi connectivity index (χ1) is 10.5. The van der Waals surface area contributed by atoms with E-state index in [0.717, 1.165) is 24.5 Å². The van der Waals surface area contributed by atoms with Crippen molar-refractivity contribution in [2.45, 2.75) is 65.1 Å². The molecule has 122 valence electrons. The summed E-state index contributed by atoms with van der Waals surface area (Å²) in [5.41, 5.74) is 1.91. The number of hydrogen-bond donors (Lipinski definition) is 1. The van der Waals surface area contributed by atoms with Gasteiger partial charge >= 0.3 is 0 Å². The second-order valence-electron chi connectivity index (χ2n) is 8.23. The van der Waals surface area contributed by atoms with Gasteiger partial charge in [-0.25, -0.2) is 0 Å². The monoisotopic (exact) mass is 301 g/mol. The Labute approximate surface area is 135 Å². The molecular formula is C19H31N3. The molecule has 1 saturated heterocycles. The maximum Gasteiger partial charge on any atom is 0.0271 e. The van der Waals surface area contributed by atoms with Crippen molar-refractivity contribution < 1.29 is 0 Å². The molecule has 3 heteroatoms. The van der Waals surface area contributed by atoms with Crippen LogP contribution < -0.4 is 5.32 Å². The van der Waals surface area contributed by atoms with Crippen LogP contribution in [0.3, 0.4) is 0 Å². The third-order valence-electron chi connectivity index (χ3n) is 5.53. The molecule has 1 N–H and O–H groups in total. The van der Waals surface area contributed by atoms with Gasteiger partial charge in [0.15, 0.2) is 0 Å². The average molecular weight is 301 g/mol. The summed E-state index contributed by atoms with van der Waals surface area (Å²) in [6.07, 6.45) is 9.07. The molecule has 0 spiro atoms. The maximum atomic E-state index is 4.10. The van der Waals surface area contributed by atoms with Crippen LogP contribution >= 0.6 is 0 Å². The smallest absolute Gasteiger partial charge is 0.0271 e. The van der Waals surface area contributed by atoms with E-state index in [9.17, 15) is 0 Å². The standard InChI is InChI=1S/C19H31N3/c1-15-12-19(2,3)13-18(15)21-17-6-10-22(11-7-17)14-16-4-8-20-9-5-16/h4-5,8-9,15,17-18,21H,6-7,10-14H2,1-3H3/t15-,18+/m1/s1. The van der Waals surface area contributed by atoms with Gasteiger partial charge < -0.3 is 5.32 Å². The highest BCUT2D eigenvalue weighted by atomic mass is 15.1. The van der Waals surface area contributed by atoms with Gasteiger partial charge in [0.25, 0.3) is 0 Å². The normalized spacial score (nSPS) is 29.8. The van der Waals surface area contributed by atoms with Crippen molar-refractivity contribution in [2.24, 2.45) is 11.3 Å². The lowest BCUT2D eigenvalue weighted by Crippen LogP contribution is -2.46. The van der Waals surface area contributed by atoms with E-state index in [2.05, 4.69) is 48.1 Å². The second-order valence-corrected chi connectivity index (χ2v) is 8.23. The van der Waals surface area contributed by atoms with E-state index in [1.54, 1.807) is 0 Å². The number of hydrogen-bond acceptors (Lipinski definition) is 3. The zero-order valence-corrected chi connectivity index (χ0v) is 14.4. The summed E-state index contributed by atoms with van der Waals surface area (Å²) in [7, 11) is 0. The van der Waals surface area contributed by atoms with Crippen LogP contribution in [0.5, 0.6) is 0 Å². The van der Waals surface area contributed by atoms with Crippen molar-refractivity contribution in [3.8, 4) is 0 Å². The molecule has 1 saturated carbocycles. The predicted molar refractivity (Wildman–Crippen MR) is 91.6 cm³/mol. The SMILES string of the molecule is C[C@@H]1CC(C)(C)C[C@@H]1NC1CCN(Cc2ccncc2)CC1. The minimum atomic E-state index is 0.527. The summed E-state index contributed by atoms with van der Waals surface area (Å²) in [5.74, 6) is 0.824. The van der Waals surface area contributed by atoms with Gasteiger partial charge in [0, 0.05) is 31.0 Å². The molecule has 0 bridgehead atoms. The van der Waals surface area contributed by atoms with Crippen LogP contribution in [-0.2, 0) is 6.54 Å². The highest BCUT2D eigenvalue weighted by Gasteiger charge is 2.37. The van der Waals surface area contributed by atoms with Crippen molar-refractivity contribution in [3.05, 3.63) is 30.1 Å². The molecule has 22 heavy (non-hydrogen) atoms. The Morgan fingerprint density at radius 2 is 1.86 bits per heavy atom. The molecule has 0 radical (unpaired) electrons. The first kappa shape index (κ1) is 15.9. The fraction of sp³-hybridized carbons (Fsp3) is 0.737. The summed E-state index contributed by atoms with van der Waals surface area (Å²) in [6.45, 7) is 10.8. The van der Waals surface area contributed by atoms with Crippen molar-refractivity contribution in [3.63, 3.8) is 0 Å². The summed E-state index contributed by atoms with van der Waals surface area (Å²) in [4.78, 5) is 6.68. The van der Waals surface area contributed by atoms with Gasteiger partial charge in [-0.3, -0.25) is 9.88 Å². The number of piperidine rings is 1. The van der Waals surface area contributed by atoms with E-state index in [-0.39, 0.29) is 0 Å². The van der Waals surface area contributed by atoms with Crippen LogP contribution in [0.1, 0.15) is 52.0 Å². The average Bonchev–Trinajstić information content (AvgIpc) is 2.74. The van der Waals surface area contributed by atoms with E-state index in [1.165, 1.54) is 44.3 Å². The Hall–Kier alpha value is -0.930. The molecule has 3 nitrogen and oxygen atoms in total. The summed E-state index contributed by atoms with van der Waals surface area (Å²) < 4.78 is 0. The molecule has 1 aliphatic carbocycles. The molecule has 2 atom stereocenters. The number of likely N-dealkylation sites (tertiary alicyclic amines) is 1. The van der Waals surface area contributed by atoms with Crippen LogP contribution in [0.2, 0.25) is 0 Å². The van der Waals surface area contributed by atoms with Gasteiger partial charge in [0.2, 0.25) is 0 Å². The first-order valence-corrected chi connectivity index (χ1v) is 8.89. The zero-order valence-electron chi connectivity index (χ0n) is 14.4. The number of nitrogens with zero attached hydrogens (tertiary/aromatic N) is 2. The minimum absolute atomic E-state index is 0.527. The number of pyridine rings is 1. The van der Waals surface area contributed by atoms with Gasteiger partial charge in [-0.1, -0.05) is 20.8 Å². The molecule has 1 aromatic heterocycles. The fourth-order valence-electron chi connectivity index (χ4n) is 4.42. The summed E-state index contributed by atoms with van der Waals surface area (Å²) >= 11 is 0. The van der Waals surface area contributed by atoms with Crippen molar-refractivity contribution in [2.75, 3.05) is 13.1 Å². The number of nitrogens with one attached hydrogen (secondary N) is 1. The topological polar surface area (TPSA) is 28.2 Å². The van der Waals surface area contributed by atoms with Crippen molar-refractivity contribution >= 4 is 0 Å². The molecule has 0 amide bonds. The zero-order chi connectivity index (χ0) is 15.6. The molecule has 2 heterocycles. The molecule has 3 rings (SSSR count). The Bertz CT molecular complexity index is 463. The lowest BCUT2D eigenvalue weighted by molar-refractivity contribution is 0.179. The van der Waals surface area contributed by atoms with Crippen LogP contribution in [-0.4, -0.2) is 35.1 Å². The van der Waals surface area contributed by atoms with E-state index in [0.29, 0.717) is 5.41 Å². The van der Waals surface area contributed by atoms with Gasteiger partial charge in [-0.05, 0) is 67.8 Å². The lowest BCUT2D eigenvalue weighted by Gasteiger charge is -2.35. The minimum Gasteiger partial charge on any atom is -0.311 e. The van der Waals surface area contributed by atoms with Gasteiger partial charge in [0.05, 0.1) is 0 Å². The second kappa shape index (κ2) is 6.67. The lowest BCUT2D eigenvalue weighted by atomic mass is 9.91. The largest absolute Gasteiger partial charge is 0.311 e. The fourth-order valence-corrected chi connectivity index (χ4v) is 4.42. The molecule has 2 aliphatic rings. The van der Waals surface area contributed by atoms with Crippen LogP contribution in [0.25, 0.3) is 0 Å². The van der Waals surface area contributed by atoms with Crippen molar-refractivity contribution in [1.82, 2.24) is 15.2 Å². The Morgan fingerprint density at radius 3 is 2.45 bits per heavy atom. The Kier molecular flexibility index (Phi) is 4.84. The molecule has 2 fully saturated rings. The molecule has 1 aromatic rings. The van der Waals surface area contributed by atoms with E-state index >= 15 is 0 Å². The number of rotatable bonds is 4. The van der Waals surface area contributed by atoms with Crippen LogP contribution in [0, 0.1) is 11.3 Å². The van der Waals surface area contributed by atoms with Crippen LogP contribution in [0.4, 0.5) is 0 Å². The first-order valence-electron chi connectivity index (χ1n) is 8.89. The molecule has 1 aliphatic heterocycles. The maximum absolute atomic E-state index is 4.10. The van der Waals surface area contributed by atoms with Crippen LogP contribution in [0.15, 0.2) is 24.5 Å². The predicted octanol–water partition coefficient (Wildman–Crippen LogP) is 3.46. The Morgan fingerprint density at radius 1 is 1.18 bits per heavy atom. The van der Waals surface area contributed by atoms with E-state index in [1.807, 2.05) is 12.4 Å². The van der Waals surface area contributed by atoms with Gasteiger partial charge in [-0.2, -0.15) is 0 Å². The quantitative estimate of drug-likeness (QED) is 0.923. The van der Waals surface area contributed by atoms with E-state index < -0.39 is 0 Å². The third-order valence-corrected chi connectivity index (χ3v) is 5.53. The van der Waals surface area contributed by atoms with E-state index in [4.69, 9.17) is 0 Å². The van der Waals surface area contributed by atoms with Crippen molar-refractivity contribution in [1.29, 1.82) is 0 Å². The summed E-state index contributed by atoms with van der Waals surface area (Å²) in [6, 6.07) is 5.71. The highest BCUT2D eigenvalue weighted by molar-refractivity contribution is 5.09. The van der Waals surface area contributed by atoms with Gasteiger partial charge in [-0.15, -0.1) is 0 Å². The molecule has 0 unspecified atom stereocenters. The molecular weight excluding hydrogens is 270 g/mol. The molecule has 0 aromatic carbocycles. The Balaban J connectivity index is 1.44. The third kappa shape index (κ3) is 4.08. The summed E-state index contributed by atoms with van der Waals surface area (Å²) in [5, 5.41) is 3.97. The number of aromatic nitrogens is 1.